The molecule has 2 nitrogen and oxygen atoms in total. The molecule has 0 fully saturated rings. The molecule has 1 N–H and O–H groups in total. The summed E-state index contributed by atoms with van der Waals surface area (Å²) < 4.78 is 0. The monoisotopic (exact) mass is 416 g/mol. The van der Waals surface area contributed by atoms with E-state index >= 15 is 0 Å². The lowest BCUT2D eigenvalue weighted by molar-refractivity contribution is 0.0591. The predicted octanol–water partition coefficient (Wildman–Crippen LogP) is 6.13. The SMILES string of the molecule is O=C1c2ccccc2[C@@H](c2ccccc2)[C@H]1[C@@H]1[C@H](c2ccccc2)c2ccccc2[C@H]1O. The van der Waals surface area contributed by atoms with Gasteiger partial charge >= 0.3 is 0 Å². The second-order valence-electron chi connectivity index (χ2n) is 8.91. The summed E-state index contributed by atoms with van der Waals surface area (Å²) in [6, 6.07) is 36.7. The fraction of sp³-hybridized carbons (Fsp3) is 0.167. The van der Waals surface area contributed by atoms with Crippen molar-refractivity contribution in [2.45, 2.75) is 17.9 Å². The predicted molar refractivity (Wildman–Crippen MR) is 126 cm³/mol. The van der Waals surface area contributed by atoms with E-state index in [0.29, 0.717) is 0 Å². The third-order valence-corrected chi connectivity index (χ3v) is 7.35. The van der Waals surface area contributed by atoms with E-state index in [1.54, 1.807) is 0 Å². The van der Waals surface area contributed by atoms with Crippen molar-refractivity contribution < 1.29 is 9.90 Å². The van der Waals surface area contributed by atoms with Crippen LogP contribution >= 0.6 is 0 Å². The highest BCUT2D eigenvalue weighted by Crippen LogP contribution is 2.58. The number of fused-ring (bicyclic) bond motifs is 2. The summed E-state index contributed by atoms with van der Waals surface area (Å²) in [5, 5.41) is 11.6. The zero-order chi connectivity index (χ0) is 21.7. The van der Waals surface area contributed by atoms with Gasteiger partial charge in [-0.2, -0.15) is 0 Å². The first-order valence-electron chi connectivity index (χ1n) is 11.3. The molecule has 0 spiro atoms. The van der Waals surface area contributed by atoms with Crippen LogP contribution < -0.4 is 0 Å². The van der Waals surface area contributed by atoms with Gasteiger partial charge in [0.2, 0.25) is 0 Å². The molecule has 0 unspecified atom stereocenters. The molecule has 2 aliphatic rings. The van der Waals surface area contributed by atoms with Gasteiger partial charge in [-0.1, -0.05) is 109 Å². The van der Waals surface area contributed by atoms with E-state index < -0.39 is 6.10 Å². The lowest BCUT2D eigenvalue weighted by Crippen LogP contribution is -2.30. The maximum atomic E-state index is 13.9. The molecular weight excluding hydrogens is 392 g/mol. The Balaban J connectivity index is 1.56. The molecular formula is C30H24O2. The van der Waals surface area contributed by atoms with Gasteiger partial charge in [0.25, 0.3) is 0 Å². The van der Waals surface area contributed by atoms with Gasteiger partial charge in [-0.3, -0.25) is 4.79 Å². The first-order valence-corrected chi connectivity index (χ1v) is 11.3. The molecule has 4 aromatic rings. The van der Waals surface area contributed by atoms with E-state index in [9.17, 15) is 9.90 Å². The number of Topliss-reactive ketones (excluding diaryl/α,β-unsaturated/α-hetero) is 1. The van der Waals surface area contributed by atoms with Gasteiger partial charge in [0.15, 0.2) is 5.78 Å². The van der Waals surface area contributed by atoms with E-state index in [2.05, 4.69) is 36.4 Å². The summed E-state index contributed by atoms with van der Waals surface area (Å²) in [6.07, 6.45) is -0.689. The van der Waals surface area contributed by atoms with E-state index in [-0.39, 0.29) is 29.5 Å². The number of hydrogen-bond acceptors (Lipinski definition) is 2. The zero-order valence-electron chi connectivity index (χ0n) is 17.6. The van der Waals surface area contributed by atoms with Crippen molar-refractivity contribution in [1.29, 1.82) is 0 Å². The second-order valence-corrected chi connectivity index (χ2v) is 8.91. The van der Waals surface area contributed by atoms with Crippen molar-refractivity contribution in [3.8, 4) is 0 Å². The van der Waals surface area contributed by atoms with Crippen molar-refractivity contribution in [3.63, 3.8) is 0 Å². The Bertz CT molecular complexity index is 1280. The molecule has 2 heteroatoms. The Morgan fingerprint density at radius 3 is 1.69 bits per heavy atom. The minimum Gasteiger partial charge on any atom is -0.388 e. The van der Waals surface area contributed by atoms with Crippen LogP contribution in [0.25, 0.3) is 0 Å². The van der Waals surface area contributed by atoms with Gasteiger partial charge in [0, 0.05) is 29.2 Å². The third-order valence-electron chi connectivity index (χ3n) is 7.35. The van der Waals surface area contributed by atoms with Gasteiger partial charge in [0.1, 0.15) is 0 Å². The molecule has 0 amide bonds. The van der Waals surface area contributed by atoms with Crippen molar-refractivity contribution in [1.82, 2.24) is 0 Å². The standard InChI is InChI=1S/C30H24O2/c31-29-23-17-9-7-15-21(23)25(19-11-3-1-4-12-19)27(29)28-26(20-13-5-2-6-14-20)22-16-8-10-18-24(22)30(28)32/h1-18,25-29,31H/t25-,26-,27+,28+,29-/m1/s1. The summed E-state index contributed by atoms with van der Waals surface area (Å²) in [4.78, 5) is 13.9. The van der Waals surface area contributed by atoms with Crippen molar-refractivity contribution in [3.05, 3.63) is 143 Å². The van der Waals surface area contributed by atoms with Gasteiger partial charge in [-0.05, 0) is 27.8 Å². The molecule has 0 bridgehead atoms. The first-order chi connectivity index (χ1) is 15.8. The fourth-order valence-electron chi connectivity index (χ4n) is 6.09. The Hall–Kier alpha value is -3.49. The highest BCUT2D eigenvalue weighted by Gasteiger charge is 2.53. The summed E-state index contributed by atoms with van der Waals surface area (Å²) in [5.74, 6) is -0.522. The van der Waals surface area contributed by atoms with Crippen LogP contribution in [-0.2, 0) is 0 Å². The summed E-state index contributed by atoms with van der Waals surface area (Å²) in [6.45, 7) is 0. The molecule has 0 saturated carbocycles. The minimum atomic E-state index is -0.689. The molecule has 0 aliphatic heterocycles. The molecule has 156 valence electrons. The maximum absolute atomic E-state index is 13.9. The maximum Gasteiger partial charge on any atom is 0.167 e. The third kappa shape index (κ3) is 2.80. The smallest absolute Gasteiger partial charge is 0.167 e. The van der Waals surface area contributed by atoms with Crippen molar-refractivity contribution >= 4 is 5.78 Å². The van der Waals surface area contributed by atoms with E-state index in [1.807, 2.05) is 72.8 Å². The molecule has 32 heavy (non-hydrogen) atoms. The fourth-order valence-corrected chi connectivity index (χ4v) is 6.09. The minimum absolute atomic E-state index is 0.0307. The number of carbonyl (C=O) groups excluding carboxylic acids is 1. The Labute approximate surface area is 188 Å². The number of carbonyl (C=O) groups is 1. The van der Waals surface area contributed by atoms with Crippen LogP contribution in [0.4, 0.5) is 0 Å². The van der Waals surface area contributed by atoms with Crippen LogP contribution in [0.3, 0.4) is 0 Å². The molecule has 6 rings (SSSR count). The Morgan fingerprint density at radius 2 is 1.03 bits per heavy atom. The molecule has 0 aromatic heterocycles. The van der Waals surface area contributed by atoms with Crippen LogP contribution in [-0.4, -0.2) is 10.9 Å². The average molecular weight is 417 g/mol. The van der Waals surface area contributed by atoms with Crippen LogP contribution in [0.15, 0.2) is 109 Å². The molecule has 5 atom stereocenters. The Kier molecular flexibility index (Phi) is 4.55. The van der Waals surface area contributed by atoms with Crippen LogP contribution in [0.1, 0.15) is 56.1 Å². The van der Waals surface area contributed by atoms with Crippen molar-refractivity contribution in [2.75, 3.05) is 0 Å². The number of aliphatic hydroxyl groups is 1. The molecule has 0 heterocycles. The molecule has 4 aromatic carbocycles. The van der Waals surface area contributed by atoms with Gasteiger partial charge in [0.05, 0.1) is 6.10 Å². The molecule has 2 aliphatic carbocycles. The van der Waals surface area contributed by atoms with E-state index in [1.165, 1.54) is 0 Å². The van der Waals surface area contributed by atoms with E-state index in [0.717, 1.165) is 33.4 Å². The number of benzene rings is 4. The quantitative estimate of drug-likeness (QED) is 0.436. The summed E-state index contributed by atoms with van der Waals surface area (Å²) >= 11 is 0. The van der Waals surface area contributed by atoms with Gasteiger partial charge < -0.3 is 5.11 Å². The first kappa shape index (κ1) is 19.2. The Morgan fingerprint density at radius 1 is 0.531 bits per heavy atom. The van der Waals surface area contributed by atoms with Gasteiger partial charge in [-0.25, -0.2) is 0 Å². The summed E-state index contributed by atoms with van der Waals surface area (Å²) in [5.41, 5.74) is 6.22. The number of aliphatic hydroxyl groups excluding tert-OH is 1. The lowest BCUT2D eigenvalue weighted by atomic mass is 9.70. The second kappa shape index (κ2) is 7.58. The van der Waals surface area contributed by atoms with Crippen LogP contribution in [0.2, 0.25) is 0 Å². The van der Waals surface area contributed by atoms with E-state index in [4.69, 9.17) is 0 Å². The van der Waals surface area contributed by atoms with Crippen LogP contribution in [0.5, 0.6) is 0 Å². The largest absolute Gasteiger partial charge is 0.388 e. The van der Waals surface area contributed by atoms with Crippen molar-refractivity contribution in [2.24, 2.45) is 11.8 Å². The topological polar surface area (TPSA) is 37.3 Å². The lowest BCUT2D eigenvalue weighted by Gasteiger charge is -2.32. The normalized spacial score (nSPS) is 26.0. The van der Waals surface area contributed by atoms with Gasteiger partial charge in [-0.15, -0.1) is 0 Å². The highest BCUT2D eigenvalue weighted by atomic mass is 16.3. The molecule has 0 radical (unpaired) electrons. The number of rotatable bonds is 3. The van der Waals surface area contributed by atoms with Crippen LogP contribution in [0, 0.1) is 11.8 Å². The zero-order valence-corrected chi connectivity index (χ0v) is 17.6. The molecule has 0 saturated heterocycles. The highest BCUT2D eigenvalue weighted by molar-refractivity contribution is 6.04. The summed E-state index contributed by atoms with van der Waals surface area (Å²) in [7, 11) is 0. The number of hydrogen-bond donors (Lipinski definition) is 1. The number of ketones is 1. The average Bonchev–Trinajstić information content (AvgIpc) is 3.31.